The number of hydrogen-bond acceptors (Lipinski definition) is 3. The number of unbranched alkanes of at least 4 members (excludes halogenated alkanes) is 1. The molecule has 0 heterocycles. The third kappa shape index (κ3) is 6.90. The van der Waals surface area contributed by atoms with Gasteiger partial charge in [0, 0.05) is 13.0 Å². The lowest BCUT2D eigenvalue weighted by atomic mass is 10.1. The molecule has 2 amide bonds. The van der Waals surface area contributed by atoms with Gasteiger partial charge < -0.3 is 16.4 Å². The molecule has 4 N–H and O–H groups in total. The van der Waals surface area contributed by atoms with E-state index >= 15 is 0 Å². The Morgan fingerprint density at radius 2 is 2.00 bits per heavy atom. The molecule has 0 unspecified atom stereocenters. The van der Waals surface area contributed by atoms with Crippen LogP contribution in [0.1, 0.15) is 32.6 Å². The molecule has 15 heavy (non-hydrogen) atoms. The van der Waals surface area contributed by atoms with Crippen molar-refractivity contribution >= 4 is 11.8 Å². The van der Waals surface area contributed by atoms with E-state index in [0.29, 0.717) is 19.4 Å². The van der Waals surface area contributed by atoms with Crippen LogP contribution in [0.3, 0.4) is 0 Å². The Balaban J connectivity index is 3.45. The highest BCUT2D eigenvalue weighted by atomic mass is 16.2. The first-order chi connectivity index (χ1) is 7.11. The fraction of sp³-hybridized carbons (Fsp3) is 0.800. The molecule has 0 aromatic heterocycles. The van der Waals surface area contributed by atoms with Crippen molar-refractivity contribution in [1.82, 2.24) is 10.6 Å². The van der Waals surface area contributed by atoms with Gasteiger partial charge in [0.25, 0.3) is 0 Å². The van der Waals surface area contributed by atoms with E-state index in [4.69, 9.17) is 5.73 Å². The average Bonchev–Trinajstić information content (AvgIpc) is 2.22. The number of likely N-dealkylation sites (N-methyl/N-ethyl adjacent to an activating group) is 1. The summed E-state index contributed by atoms with van der Waals surface area (Å²) in [6.07, 6.45) is 2.98. The number of rotatable bonds is 8. The van der Waals surface area contributed by atoms with Crippen molar-refractivity contribution in [2.45, 2.75) is 38.6 Å². The second kappa shape index (κ2) is 8.23. The predicted molar refractivity (Wildman–Crippen MR) is 59.2 cm³/mol. The highest BCUT2D eigenvalue weighted by molar-refractivity contribution is 5.79. The molecule has 5 heteroatoms. The minimum atomic E-state index is -0.324. The van der Waals surface area contributed by atoms with Gasteiger partial charge in [-0.05, 0) is 26.3 Å². The number of amides is 2. The molecule has 0 saturated carbocycles. The average molecular weight is 215 g/mol. The second-order valence-electron chi connectivity index (χ2n) is 3.44. The summed E-state index contributed by atoms with van der Waals surface area (Å²) < 4.78 is 0. The zero-order valence-electron chi connectivity index (χ0n) is 9.51. The monoisotopic (exact) mass is 215 g/mol. The van der Waals surface area contributed by atoms with Gasteiger partial charge in [0.15, 0.2) is 0 Å². The highest BCUT2D eigenvalue weighted by Crippen LogP contribution is 1.99. The van der Waals surface area contributed by atoms with Crippen LogP contribution >= 0.6 is 0 Å². The van der Waals surface area contributed by atoms with E-state index in [0.717, 1.165) is 12.8 Å². The fourth-order valence-electron chi connectivity index (χ4n) is 1.26. The van der Waals surface area contributed by atoms with Crippen molar-refractivity contribution < 1.29 is 9.59 Å². The summed E-state index contributed by atoms with van der Waals surface area (Å²) in [6.45, 7) is 2.49. The van der Waals surface area contributed by atoms with E-state index in [2.05, 4.69) is 10.6 Å². The summed E-state index contributed by atoms with van der Waals surface area (Å²) in [5.74, 6) is -0.259. The molecular formula is C10H21N3O2. The summed E-state index contributed by atoms with van der Waals surface area (Å²) in [5, 5.41) is 5.63. The van der Waals surface area contributed by atoms with E-state index < -0.39 is 0 Å². The van der Waals surface area contributed by atoms with Gasteiger partial charge in [-0.25, -0.2) is 0 Å². The largest absolute Gasteiger partial charge is 0.368 e. The number of carbonyl (C=O) groups excluding carboxylic acids is 2. The minimum absolute atomic E-state index is 0.0649. The summed E-state index contributed by atoms with van der Waals surface area (Å²) in [7, 11) is 1.72. The quantitative estimate of drug-likeness (QED) is 0.488. The lowest BCUT2D eigenvalue weighted by molar-refractivity contribution is -0.121. The van der Waals surface area contributed by atoms with Crippen LogP contribution in [-0.2, 0) is 9.59 Å². The zero-order valence-corrected chi connectivity index (χ0v) is 9.51. The summed E-state index contributed by atoms with van der Waals surface area (Å²) in [6, 6.07) is -0.258. The van der Waals surface area contributed by atoms with Crippen molar-refractivity contribution in [3.05, 3.63) is 0 Å². The molecule has 0 bridgehead atoms. The SMILES string of the molecule is CCC(=O)NCCCC[C@H](NC)C(N)=O. The predicted octanol–water partition coefficient (Wildman–Crippen LogP) is -0.244. The Hall–Kier alpha value is -1.10. The Kier molecular flexibility index (Phi) is 7.62. The van der Waals surface area contributed by atoms with Crippen LogP contribution in [0.25, 0.3) is 0 Å². The Morgan fingerprint density at radius 3 is 2.47 bits per heavy atom. The molecule has 0 radical (unpaired) electrons. The molecule has 0 saturated heterocycles. The third-order valence-electron chi connectivity index (χ3n) is 2.25. The standard InChI is InChI=1S/C10H21N3O2/c1-3-9(14)13-7-5-4-6-8(12-2)10(11)15/h8,12H,3-7H2,1-2H3,(H2,11,15)(H,13,14)/t8-/m0/s1. The van der Waals surface area contributed by atoms with Gasteiger partial charge >= 0.3 is 0 Å². The van der Waals surface area contributed by atoms with Crippen LogP contribution < -0.4 is 16.4 Å². The van der Waals surface area contributed by atoms with Gasteiger partial charge in [0.2, 0.25) is 11.8 Å². The molecule has 88 valence electrons. The summed E-state index contributed by atoms with van der Waals surface area (Å²) >= 11 is 0. The molecule has 0 fully saturated rings. The van der Waals surface area contributed by atoms with E-state index in [1.165, 1.54) is 0 Å². The van der Waals surface area contributed by atoms with E-state index in [9.17, 15) is 9.59 Å². The fourth-order valence-corrected chi connectivity index (χ4v) is 1.26. The van der Waals surface area contributed by atoms with E-state index in [-0.39, 0.29) is 17.9 Å². The van der Waals surface area contributed by atoms with Crippen LogP contribution in [0.5, 0.6) is 0 Å². The van der Waals surface area contributed by atoms with Crippen LogP contribution in [0, 0.1) is 0 Å². The first-order valence-corrected chi connectivity index (χ1v) is 5.35. The molecule has 0 aromatic carbocycles. The Labute approximate surface area is 90.8 Å². The second-order valence-corrected chi connectivity index (χ2v) is 3.44. The first kappa shape index (κ1) is 13.9. The van der Waals surface area contributed by atoms with Gasteiger partial charge in [-0.2, -0.15) is 0 Å². The van der Waals surface area contributed by atoms with E-state index in [1.54, 1.807) is 7.05 Å². The van der Waals surface area contributed by atoms with Gasteiger partial charge in [-0.1, -0.05) is 6.92 Å². The smallest absolute Gasteiger partial charge is 0.234 e. The maximum Gasteiger partial charge on any atom is 0.234 e. The molecule has 0 aromatic rings. The number of primary amides is 1. The molecule has 1 atom stereocenters. The first-order valence-electron chi connectivity index (χ1n) is 5.35. The van der Waals surface area contributed by atoms with Gasteiger partial charge in [-0.15, -0.1) is 0 Å². The maximum atomic E-state index is 10.9. The van der Waals surface area contributed by atoms with Crippen molar-refractivity contribution in [3.63, 3.8) is 0 Å². The van der Waals surface area contributed by atoms with Crippen LogP contribution in [-0.4, -0.2) is 31.4 Å². The maximum absolute atomic E-state index is 10.9. The topological polar surface area (TPSA) is 84.2 Å². The zero-order chi connectivity index (χ0) is 11.7. The van der Waals surface area contributed by atoms with Crippen LogP contribution in [0.2, 0.25) is 0 Å². The summed E-state index contributed by atoms with van der Waals surface area (Å²) in [5.41, 5.74) is 5.16. The Morgan fingerprint density at radius 1 is 1.33 bits per heavy atom. The number of nitrogens with two attached hydrogens (primary N) is 1. The molecule has 5 nitrogen and oxygen atoms in total. The molecule has 0 aliphatic rings. The van der Waals surface area contributed by atoms with Gasteiger partial charge in [-0.3, -0.25) is 9.59 Å². The summed E-state index contributed by atoms with van der Waals surface area (Å²) in [4.78, 5) is 21.7. The van der Waals surface area contributed by atoms with Crippen LogP contribution in [0.15, 0.2) is 0 Å². The Bertz CT molecular complexity index is 207. The minimum Gasteiger partial charge on any atom is -0.368 e. The lowest BCUT2D eigenvalue weighted by Crippen LogP contribution is -2.39. The van der Waals surface area contributed by atoms with Crippen molar-refractivity contribution in [2.75, 3.05) is 13.6 Å². The molecule has 0 rings (SSSR count). The molecule has 0 aliphatic carbocycles. The number of nitrogens with one attached hydrogen (secondary N) is 2. The molecule has 0 aliphatic heterocycles. The van der Waals surface area contributed by atoms with Crippen molar-refractivity contribution in [3.8, 4) is 0 Å². The highest BCUT2D eigenvalue weighted by Gasteiger charge is 2.11. The number of carbonyl (C=O) groups is 2. The van der Waals surface area contributed by atoms with E-state index in [1.807, 2.05) is 6.92 Å². The normalized spacial score (nSPS) is 12.1. The number of hydrogen-bond donors (Lipinski definition) is 3. The lowest BCUT2D eigenvalue weighted by Gasteiger charge is -2.11. The van der Waals surface area contributed by atoms with Crippen LogP contribution in [0.4, 0.5) is 0 Å². The van der Waals surface area contributed by atoms with Gasteiger partial charge in [0.1, 0.15) is 0 Å². The van der Waals surface area contributed by atoms with Crippen molar-refractivity contribution in [2.24, 2.45) is 5.73 Å². The molecular weight excluding hydrogens is 194 g/mol. The molecule has 0 spiro atoms. The van der Waals surface area contributed by atoms with Gasteiger partial charge in [0.05, 0.1) is 6.04 Å². The third-order valence-corrected chi connectivity index (χ3v) is 2.25. The van der Waals surface area contributed by atoms with Crippen molar-refractivity contribution in [1.29, 1.82) is 0 Å².